The molecule has 0 bridgehead atoms. The van der Waals surface area contributed by atoms with Crippen LogP contribution in [0, 0.1) is 5.82 Å². The molecule has 0 aliphatic rings. The fourth-order valence-corrected chi connectivity index (χ4v) is 4.59. The maximum absolute atomic E-state index is 13.6. The number of para-hydroxylation sites is 1. The minimum absolute atomic E-state index is 0.0289. The van der Waals surface area contributed by atoms with Gasteiger partial charge in [-0.1, -0.05) is 30.3 Å². The van der Waals surface area contributed by atoms with E-state index in [0.29, 0.717) is 0 Å². The molecule has 11 heteroatoms. The van der Waals surface area contributed by atoms with Crippen molar-refractivity contribution in [3.63, 3.8) is 0 Å². The highest BCUT2D eigenvalue weighted by Crippen LogP contribution is 2.25. The van der Waals surface area contributed by atoms with Crippen LogP contribution < -0.4 is 14.9 Å². The van der Waals surface area contributed by atoms with E-state index in [9.17, 15) is 22.4 Å². The van der Waals surface area contributed by atoms with Gasteiger partial charge in [-0.2, -0.15) is 0 Å². The summed E-state index contributed by atoms with van der Waals surface area (Å²) in [5, 5.41) is 5.81. The Hall–Kier alpha value is -3.31. The molecule has 3 aromatic rings. The molecule has 1 heterocycles. The number of sulfonamides is 1. The molecule has 29 heavy (non-hydrogen) atoms. The lowest BCUT2D eigenvalue weighted by molar-refractivity contribution is -0.118. The smallest absolute Gasteiger partial charge is 0.305 e. The van der Waals surface area contributed by atoms with Crippen molar-refractivity contribution in [3.05, 3.63) is 72.0 Å². The number of anilines is 2. The Kier molecular flexibility index (Phi) is 6.20. The summed E-state index contributed by atoms with van der Waals surface area (Å²) in [5.74, 6) is -1.58. The Balaban J connectivity index is 1.76. The van der Waals surface area contributed by atoms with Crippen LogP contribution in [0.4, 0.5) is 20.0 Å². The van der Waals surface area contributed by atoms with E-state index in [-0.39, 0.29) is 15.7 Å². The second-order valence-corrected chi connectivity index (χ2v) is 8.36. The second-order valence-electron chi connectivity index (χ2n) is 5.62. The molecular weight excluding hydrogens is 419 g/mol. The van der Waals surface area contributed by atoms with Crippen LogP contribution in [0.15, 0.2) is 71.1 Å². The molecule has 0 aliphatic carbocycles. The second kappa shape index (κ2) is 8.80. The van der Waals surface area contributed by atoms with Crippen LogP contribution >= 0.6 is 11.3 Å². The number of halogens is 1. The largest absolute Gasteiger partial charge is 0.326 e. The number of carbonyl (C=O) groups excluding carboxylic acids is 2. The third-order valence-corrected chi connectivity index (χ3v) is 6.29. The molecule has 2 N–H and O–H groups in total. The van der Waals surface area contributed by atoms with Crippen molar-refractivity contribution in [1.82, 2.24) is 10.3 Å². The van der Waals surface area contributed by atoms with E-state index in [0.717, 1.165) is 21.7 Å². The number of hydrogen-bond acceptors (Lipinski definition) is 6. The lowest BCUT2D eigenvalue weighted by Crippen LogP contribution is -2.44. The molecule has 0 spiro atoms. The molecule has 0 radical (unpaired) electrons. The first-order valence-corrected chi connectivity index (χ1v) is 10.5. The molecule has 3 rings (SSSR count). The highest BCUT2D eigenvalue weighted by molar-refractivity contribution is 7.93. The van der Waals surface area contributed by atoms with Crippen LogP contribution in [0.25, 0.3) is 0 Å². The molecule has 0 aliphatic heterocycles. The molecule has 3 amide bonds. The summed E-state index contributed by atoms with van der Waals surface area (Å²) in [4.78, 5) is 28.2. The van der Waals surface area contributed by atoms with Crippen molar-refractivity contribution in [3.8, 4) is 0 Å². The van der Waals surface area contributed by atoms with Gasteiger partial charge in [0.25, 0.3) is 10.0 Å². The number of amides is 3. The van der Waals surface area contributed by atoms with E-state index in [1.54, 1.807) is 23.6 Å². The van der Waals surface area contributed by atoms with Gasteiger partial charge in [0.2, 0.25) is 5.91 Å². The third kappa shape index (κ3) is 4.95. The molecule has 0 saturated heterocycles. The van der Waals surface area contributed by atoms with Crippen LogP contribution in [0.1, 0.15) is 0 Å². The minimum Gasteiger partial charge on any atom is -0.305 e. The molecule has 150 valence electrons. The Morgan fingerprint density at radius 1 is 1.07 bits per heavy atom. The predicted octanol–water partition coefficient (Wildman–Crippen LogP) is 2.83. The Morgan fingerprint density at radius 2 is 1.76 bits per heavy atom. The van der Waals surface area contributed by atoms with Gasteiger partial charge in [0.05, 0.1) is 10.6 Å². The number of rotatable bonds is 6. The number of aromatic nitrogens is 1. The first kappa shape index (κ1) is 20.4. The lowest BCUT2D eigenvalue weighted by atomic mass is 10.3. The summed E-state index contributed by atoms with van der Waals surface area (Å²) in [5.41, 5.74) is -0.119. The lowest BCUT2D eigenvalue weighted by Gasteiger charge is -2.21. The molecule has 0 fully saturated rings. The van der Waals surface area contributed by atoms with Gasteiger partial charge >= 0.3 is 6.03 Å². The van der Waals surface area contributed by atoms with Crippen molar-refractivity contribution in [2.45, 2.75) is 4.90 Å². The Labute approximate surface area is 170 Å². The molecule has 0 unspecified atom stereocenters. The standard InChI is InChI=1S/C18H15FN4O4S2/c19-14-8-4-5-9-15(14)21-17(25)22-16(24)12-23(18-20-10-11-28-18)29(26,27)13-6-2-1-3-7-13/h1-11H,12H2,(H2,21,22,24,25). The number of imide groups is 1. The predicted molar refractivity (Wildman–Crippen MR) is 107 cm³/mol. The van der Waals surface area contributed by atoms with Crippen LogP contribution in [0.5, 0.6) is 0 Å². The minimum atomic E-state index is -4.09. The highest BCUT2D eigenvalue weighted by Gasteiger charge is 2.29. The zero-order chi connectivity index (χ0) is 20.9. The summed E-state index contributed by atoms with van der Waals surface area (Å²) < 4.78 is 40.3. The quantitative estimate of drug-likeness (QED) is 0.620. The normalized spacial score (nSPS) is 10.9. The number of nitrogens with one attached hydrogen (secondary N) is 2. The van der Waals surface area contributed by atoms with Gasteiger partial charge in [-0.05, 0) is 24.3 Å². The summed E-state index contributed by atoms with van der Waals surface area (Å²) in [7, 11) is -4.09. The first-order chi connectivity index (χ1) is 13.9. The van der Waals surface area contributed by atoms with Crippen molar-refractivity contribution in [2.24, 2.45) is 0 Å². The van der Waals surface area contributed by atoms with Crippen molar-refractivity contribution < 1.29 is 22.4 Å². The SMILES string of the molecule is O=C(CN(c1nccs1)S(=O)(=O)c1ccccc1)NC(=O)Nc1ccccc1F. The highest BCUT2D eigenvalue weighted by atomic mass is 32.2. The topological polar surface area (TPSA) is 108 Å². The fourth-order valence-electron chi connectivity index (χ4n) is 2.33. The van der Waals surface area contributed by atoms with Gasteiger partial charge in [-0.3, -0.25) is 10.1 Å². The number of urea groups is 1. The van der Waals surface area contributed by atoms with Gasteiger partial charge in [0.1, 0.15) is 12.4 Å². The average molecular weight is 434 g/mol. The summed E-state index contributed by atoms with van der Waals surface area (Å²) in [6.07, 6.45) is 1.40. The van der Waals surface area contributed by atoms with Crippen molar-refractivity contribution in [1.29, 1.82) is 0 Å². The van der Waals surface area contributed by atoms with Crippen LogP contribution in [-0.2, 0) is 14.8 Å². The molecule has 2 aromatic carbocycles. The zero-order valence-electron chi connectivity index (χ0n) is 14.8. The average Bonchev–Trinajstić information content (AvgIpc) is 3.23. The molecule has 8 nitrogen and oxygen atoms in total. The van der Waals surface area contributed by atoms with E-state index >= 15 is 0 Å². The maximum Gasteiger partial charge on any atom is 0.326 e. The zero-order valence-corrected chi connectivity index (χ0v) is 16.4. The van der Waals surface area contributed by atoms with Crippen LogP contribution in [0.3, 0.4) is 0 Å². The Morgan fingerprint density at radius 3 is 2.41 bits per heavy atom. The molecule has 0 atom stereocenters. The molecule has 1 aromatic heterocycles. The van der Waals surface area contributed by atoms with Crippen molar-refractivity contribution >= 4 is 44.1 Å². The monoisotopic (exact) mass is 434 g/mol. The first-order valence-electron chi connectivity index (χ1n) is 8.20. The van der Waals surface area contributed by atoms with E-state index in [2.05, 4.69) is 10.3 Å². The number of benzene rings is 2. The van der Waals surface area contributed by atoms with Crippen molar-refractivity contribution in [2.75, 3.05) is 16.2 Å². The van der Waals surface area contributed by atoms with E-state index < -0.39 is 34.3 Å². The van der Waals surface area contributed by atoms with E-state index in [4.69, 9.17) is 0 Å². The Bertz CT molecular complexity index is 1110. The molecular formula is C18H15FN4O4S2. The van der Waals surface area contributed by atoms with Gasteiger partial charge in [-0.25, -0.2) is 26.9 Å². The number of carbonyl (C=O) groups is 2. The van der Waals surface area contributed by atoms with Crippen LogP contribution in [-0.4, -0.2) is 31.9 Å². The number of nitrogens with zero attached hydrogens (tertiary/aromatic N) is 2. The molecule has 0 saturated carbocycles. The third-order valence-electron chi connectivity index (χ3n) is 3.63. The van der Waals surface area contributed by atoms with E-state index in [1.807, 2.05) is 5.32 Å². The maximum atomic E-state index is 13.6. The van der Waals surface area contributed by atoms with E-state index in [1.165, 1.54) is 36.5 Å². The summed E-state index contributed by atoms with van der Waals surface area (Å²) in [6, 6.07) is 12.0. The van der Waals surface area contributed by atoms with Gasteiger partial charge in [0.15, 0.2) is 5.13 Å². The summed E-state index contributed by atoms with van der Waals surface area (Å²) >= 11 is 1.02. The van der Waals surface area contributed by atoms with Gasteiger partial charge in [0, 0.05) is 11.6 Å². The summed E-state index contributed by atoms with van der Waals surface area (Å²) in [6.45, 7) is -0.685. The van der Waals surface area contributed by atoms with Gasteiger partial charge < -0.3 is 5.32 Å². The number of thiazole rings is 1. The fraction of sp³-hybridized carbons (Fsp3) is 0.0556. The van der Waals surface area contributed by atoms with Gasteiger partial charge in [-0.15, -0.1) is 11.3 Å². The number of hydrogen-bond donors (Lipinski definition) is 2. The van der Waals surface area contributed by atoms with Crippen LogP contribution in [0.2, 0.25) is 0 Å².